The molecule has 0 aliphatic carbocycles. The first kappa shape index (κ1) is 10.1. The van der Waals surface area contributed by atoms with Crippen LogP contribution in [0.4, 0.5) is 0 Å². The lowest BCUT2D eigenvalue weighted by Gasteiger charge is -2.12. The third kappa shape index (κ3) is 3.11. The molecule has 0 unspecified atom stereocenters. The Kier molecular flexibility index (Phi) is 3.83. The third-order valence-corrected chi connectivity index (χ3v) is 2.11. The smallest absolute Gasteiger partial charge is 0.230 e. The summed E-state index contributed by atoms with van der Waals surface area (Å²) in [6.45, 7) is 1.96. The molecule has 0 heterocycles. The Morgan fingerprint density at radius 3 is 2.62 bits per heavy atom. The van der Waals surface area contributed by atoms with Crippen LogP contribution in [-0.2, 0) is 4.79 Å². The molecular weight excluding hydrogens is 182 g/mol. The summed E-state index contributed by atoms with van der Waals surface area (Å²) >= 11 is 3.89. The van der Waals surface area contributed by atoms with Gasteiger partial charge in [-0.2, -0.15) is 12.6 Å². The SMILES string of the molecule is C[C@@H](NC(=O)CS)c1ccccc1. The Morgan fingerprint density at radius 2 is 2.08 bits per heavy atom. The van der Waals surface area contributed by atoms with Gasteiger partial charge in [-0.1, -0.05) is 30.3 Å². The average Bonchev–Trinajstić information content (AvgIpc) is 2.19. The van der Waals surface area contributed by atoms with Gasteiger partial charge in [0, 0.05) is 0 Å². The number of amides is 1. The molecule has 0 aromatic heterocycles. The van der Waals surface area contributed by atoms with Crippen LogP contribution in [0.1, 0.15) is 18.5 Å². The number of rotatable bonds is 3. The van der Waals surface area contributed by atoms with Crippen LogP contribution in [0.5, 0.6) is 0 Å². The normalized spacial score (nSPS) is 12.2. The van der Waals surface area contributed by atoms with Crippen molar-refractivity contribution >= 4 is 18.5 Å². The molecule has 1 aromatic carbocycles. The van der Waals surface area contributed by atoms with Crippen LogP contribution >= 0.6 is 12.6 Å². The lowest BCUT2D eigenvalue weighted by atomic mass is 10.1. The number of carbonyl (C=O) groups is 1. The summed E-state index contributed by atoms with van der Waals surface area (Å²) in [6, 6.07) is 9.90. The fourth-order valence-corrected chi connectivity index (χ4v) is 1.20. The number of hydrogen-bond donors (Lipinski definition) is 2. The van der Waals surface area contributed by atoms with E-state index >= 15 is 0 Å². The molecule has 0 saturated carbocycles. The quantitative estimate of drug-likeness (QED) is 0.707. The summed E-state index contributed by atoms with van der Waals surface area (Å²) in [5.74, 6) is 0.191. The van der Waals surface area contributed by atoms with Crippen molar-refractivity contribution < 1.29 is 4.79 Å². The molecule has 0 radical (unpaired) electrons. The van der Waals surface area contributed by atoms with Gasteiger partial charge in [-0.25, -0.2) is 0 Å². The van der Waals surface area contributed by atoms with E-state index in [1.807, 2.05) is 37.3 Å². The molecule has 70 valence electrons. The van der Waals surface area contributed by atoms with Crippen LogP contribution in [0.2, 0.25) is 0 Å². The monoisotopic (exact) mass is 195 g/mol. The van der Waals surface area contributed by atoms with Gasteiger partial charge in [0.15, 0.2) is 0 Å². The Bertz CT molecular complexity index is 274. The molecule has 1 N–H and O–H groups in total. The minimum atomic E-state index is -0.0420. The van der Waals surface area contributed by atoms with Gasteiger partial charge in [0.05, 0.1) is 11.8 Å². The molecule has 0 fully saturated rings. The van der Waals surface area contributed by atoms with Gasteiger partial charge in [-0.15, -0.1) is 0 Å². The summed E-state index contributed by atoms with van der Waals surface area (Å²) in [7, 11) is 0. The maximum absolute atomic E-state index is 11.0. The average molecular weight is 195 g/mol. The van der Waals surface area contributed by atoms with E-state index in [0.29, 0.717) is 0 Å². The van der Waals surface area contributed by atoms with Crippen molar-refractivity contribution in [3.8, 4) is 0 Å². The summed E-state index contributed by atoms with van der Waals surface area (Å²) in [5, 5.41) is 2.83. The fraction of sp³-hybridized carbons (Fsp3) is 0.300. The zero-order valence-corrected chi connectivity index (χ0v) is 8.42. The first-order chi connectivity index (χ1) is 6.24. The lowest BCUT2D eigenvalue weighted by Crippen LogP contribution is -2.27. The predicted molar refractivity (Wildman–Crippen MR) is 56.9 cm³/mol. The number of benzene rings is 1. The number of carbonyl (C=O) groups excluding carboxylic acids is 1. The molecule has 1 atom stereocenters. The van der Waals surface area contributed by atoms with Gasteiger partial charge in [0.25, 0.3) is 0 Å². The van der Waals surface area contributed by atoms with Gasteiger partial charge in [0.2, 0.25) is 5.91 Å². The second kappa shape index (κ2) is 4.92. The highest BCUT2D eigenvalue weighted by Gasteiger charge is 2.06. The predicted octanol–water partition coefficient (Wildman–Crippen LogP) is 1.79. The Balaban J connectivity index is 2.59. The molecule has 1 rings (SSSR count). The molecular formula is C10H13NOS. The van der Waals surface area contributed by atoms with Gasteiger partial charge in [0.1, 0.15) is 0 Å². The van der Waals surface area contributed by atoms with E-state index in [1.54, 1.807) is 0 Å². The molecule has 1 aromatic rings. The van der Waals surface area contributed by atoms with Crippen molar-refractivity contribution in [2.45, 2.75) is 13.0 Å². The van der Waals surface area contributed by atoms with Gasteiger partial charge in [-0.3, -0.25) is 4.79 Å². The van der Waals surface area contributed by atoms with Gasteiger partial charge >= 0.3 is 0 Å². The number of hydrogen-bond acceptors (Lipinski definition) is 2. The molecule has 2 nitrogen and oxygen atoms in total. The maximum Gasteiger partial charge on any atom is 0.230 e. The van der Waals surface area contributed by atoms with Crippen molar-refractivity contribution in [2.75, 3.05) is 5.75 Å². The zero-order chi connectivity index (χ0) is 9.68. The Labute approximate surface area is 83.8 Å². The van der Waals surface area contributed by atoms with Crippen LogP contribution < -0.4 is 5.32 Å². The minimum absolute atomic E-state index is 0.0420. The zero-order valence-electron chi connectivity index (χ0n) is 7.53. The standard InChI is InChI=1S/C10H13NOS/c1-8(11-10(12)7-13)9-5-3-2-4-6-9/h2-6,8,13H,7H2,1H3,(H,11,12)/t8-/m1/s1. The van der Waals surface area contributed by atoms with Crippen LogP contribution in [-0.4, -0.2) is 11.7 Å². The molecule has 0 spiro atoms. The highest BCUT2D eigenvalue weighted by Crippen LogP contribution is 2.10. The summed E-state index contributed by atoms with van der Waals surface area (Å²) in [5.41, 5.74) is 1.11. The fourth-order valence-electron chi connectivity index (χ4n) is 1.11. The van der Waals surface area contributed by atoms with Gasteiger partial charge < -0.3 is 5.32 Å². The third-order valence-electron chi connectivity index (χ3n) is 1.82. The van der Waals surface area contributed by atoms with Crippen LogP contribution in [0.25, 0.3) is 0 Å². The number of nitrogens with one attached hydrogen (secondary N) is 1. The van der Waals surface area contributed by atoms with Gasteiger partial charge in [-0.05, 0) is 12.5 Å². The van der Waals surface area contributed by atoms with E-state index in [2.05, 4.69) is 17.9 Å². The maximum atomic E-state index is 11.0. The van der Waals surface area contributed by atoms with Crippen LogP contribution in [0.15, 0.2) is 30.3 Å². The van der Waals surface area contributed by atoms with E-state index < -0.39 is 0 Å². The summed E-state index contributed by atoms with van der Waals surface area (Å²) in [6.07, 6.45) is 0. The van der Waals surface area contributed by atoms with E-state index in [-0.39, 0.29) is 17.7 Å². The van der Waals surface area contributed by atoms with Crippen molar-refractivity contribution in [3.05, 3.63) is 35.9 Å². The molecule has 3 heteroatoms. The van der Waals surface area contributed by atoms with Crippen molar-refractivity contribution in [3.63, 3.8) is 0 Å². The molecule has 13 heavy (non-hydrogen) atoms. The molecule has 1 amide bonds. The largest absolute Gasteiger partial charge is 0.349 e. The first-order valence-corrected chi connectivity index (χ1v) is 4.82. The Hall–Kier alpha value is -0.960. The number of thiol groups is 1. The second-order valence-corrected chi connectivity index (χ2v) is 3.17. The highest BCUT2D eigenvalue weighted by atomic mass is 32.1. The van der Waals surface area contributed by atoms with Crippen LogP contribution in [0, 0.1) is 0 Å². The topological polar surface area (TPSA) is 29.1 Å². The molecule has 0 saturated heterocycles. The Morgan fingerprint density at radius 1 is 1.46 bits per heavy atom. The van der Waals surface area contributed by atoms with Crippen LogP contribution in [0.3, 0.4) is 0 Å². The first-order valence-electron chi connectivity index (χ1n) is 4.19. The van der Waals surface area contributed by atoms with E-state index in [9.17, 15) is 4.79 Å². The molecule has 0 aliphatic heterocycles. The molecule has 0 bridgehead atoms. The van der Waals surface area contributed by atoms with E-state index in [4.69, 9.17) is 0 Å². The van der Waals surface area contributed by atoms with Crippen molar-refractivity contribution in [1.29, 1.82) is 0 Å². The van der Waals surface area contributed by atoms with Crippen molar-refractivity contribution in [1.82, 2.24) is 5.32 Å². The lowest BCUT2D eigenvalue weighted by molar-refractivity contribution is -0.119. The summed E-state index contributed by atoms with van der Waals surface area (Å²) < 4.78 is 0. The van der Waals surface area contributed by atoms with Crippen molar-refractivity contribution in [2.24, 2.45) is 0 Å². The minimum Gasteiger partial charge on any atom is -0.349 e. The van der Waals surface area contributed by atoms with E-state index in [1.165, 1.54) is 0 Å². The summed E-state index contributed by atoms with van der Waals surface area (Å²) in [4.78, 5) is 11.0. The van der Waals surface area contributed by atoms with E-state index in [0.717, 1.165) is 5.56 Å². The molecule has 0 aliphatic rings. The second-order valence-electron chi connectivity index (χ2n) is 2.86. The highest BCUT2D eigenvalue weighted by molar-refractivity contribution is 7.81.